The molecule has 1 aromatic heterocycles. The SMILES string of the molecule is CC1(C)c2ccccc2-c2ccc(N(c3ccc(-c4ccc(-n5c6ccccc6c6ccccc65)cc4)cc3)c3ccc4c(c3)C3(c5ccccc5-4)C4CC5CC(C4)CC3C5)cc21. The van der Waals surface area contributed by atoms with Gasteiger partial charge in [-0.2, -0.15) is 0 Å². The first-order valence-corrected chi connectivity index (χ1v) is 23.4. The maximum Gasteiger partial charge on any atom is 0.0541 e. The number of rotatable bonds is 5. The lowest BCUT2D eigenvalue weighted by molar-refractivity contribution is -0.0399. The van der Waals surface area contributed by atoms with Crippen LogP contribution >= 0.6 is 0 Å². The number of hydrogen-bond donors (Lipinski definition) is 0. The third-order valence-corrected chi connectivity index (χ3v) is 16.8. The van der Waals surface area contributed by atoms with Crippen LogP contribution in [0.3, 0.4) is 0 Å². The molecule has 4 fully saturated rings. The molecule has 0 unspecified atom stereocenters. The second-order valence-corrected chi connectivity index (χ2v) is 20.1. The molecule has 6 aliphatic carbocycles. The Morgan fingerprint density at radius 2 is 0.873 bits per heavy atom. The van der Waals surface area contributed by atoms with Gasteiger partial charge in [0.05, 0.1) is 11.0 Å². The molecule has 0 saturated heterocycles. The van der Waals surface area contributed by atoms with Crippen LogP contribution in [0.5, 0.6) is 0 Å². The van der Waals surface area contributed by atoms with Crippen LogP contribution in [0.25, 0.3) is 60.9 Å². The number of nitrogens with zero attached hydrogens (tertiary/aromatic N) is 2. The van der Waals surface area contributed by atoms with Crippen LogP contribution in [0.1, 0.15) is 68.2 Å². The number of para-hydroxylation sites is 2. The van der Waals surface area contributed by atoms with Crippen molar-refractivity contribution < 1.29 is 0 Å². The monoisotopic (exact) mass is 810 g/mol. The summed E-state index contributed by atoms with van der Waals surface area (Å²) in [6.07, 6.45) is 7.00. The standard InChI is InChI=1S/C61H50N2/c1-60(2)54-15-7-3-11-48(54)50-29-27-46(36-56(50)60)62(47-28-30-51-49-12-4-8-16-55(49)61(57(51)37-47)42-32-38-31-39(34-42)35-43(61)33-38)44-23-19-40(20-24-44)41-21-25-45(26-22-41)63-58-17-9-5-13-52(58)53-14-6-10-18-59(53)63/h3-30,36-39,42-43H,31-35H2,1-2H3. The van der Waals surface area contributed by atoms with E-state index in [9.17, 15) is 0 Å². The van der Waals surface area contributed by atoms with E-state index in [4.69, 9.17) is 0 Å². The summed E-state index contributed by atoms with van der Waals surface area (Å²) in [5.74, 6) is 3.27. The number of benzene rings is 8. The topological polar surface area (TPSA) is 8.17 Å². The molecule has 8 aromatic carbocycles. The van der Waals surface area contributed by atoms with Gasteiger partial charge in [-0.15, -0.1) is 0 Å². The van der Waals surface area contributed by atoms with Crippen molar-refractivity contribution in [3.63, 3.8) is 0 Å². The van der Waals surface area contributed by atoms with Crippen molar-refractivity contribution >= 4 is 38.9 Å². The first kappa shape index (κ1) is 35.9. The Labute approximate surface area is 370 Å². The van der Waals surface area contributed by atoms with E-state index in [1.165, 1.54) is 121 Å². The summed E-state index contributed by atoms with van der Waals surface area (Å²) < 4.78 is 2.40. The Morgan fingerprint density at radius 3 is 1.49 bits per heavy atom. The average molecular weight is 811 g/mol. The van der Waals surface area contributed by atoms with Crippen LogP contribution in [0, 0.1) is 23.7 Å². The lowest BCUT2D eigenvalue weighted by Gasteiger charge is -2.61. The molecule has 1 spiro atoms. The highest BCUT2D eigenvalue weighted by Crippen LogP contribution is 2.69. The van der Waals surface area contributed by atoms with Crippen LogP contribution in [0.15, 0.2) is 182 Å². The molecular formula is C61H50N2. The van der Waals surface area contributed by atoms with Crippen molar-refractivity contribution in [2.45, 2.75) is 56.8 Å². The number of aromatic nitrogens is 1. The van der Waals surface area contributed by atoms with Crippen molar-refractivity contribution in [2.75, 3.05) is 4.90 Å². The Morgan fingerprint density at radius 1 is 0.413 bits per heavy atom. The highest BCUT2D eigenvalue weighted by molar-refractivity contribution is 6.09. The Kier molecular flexibility index (Phi) is 7.38. The molecule has 1 heterocycles. The molecule has 0 aliphatic heterocycles. The molecule has 0 atom stereocenters. The van der Waals surface area contributed by atoms with Crippen LogP contribution in [0.2, 0.25) is 0 Å². The maximum atomic E-state index is 2.64. The molecule has 2 nitrogen and oxygen atoms in total. The molecule has 6 aliphatic rings. The summed E-state index contributed by atoms with van der Waals surface area (Å²) in [4.78, 5) is 2.56. The van der Waals surface area contributed by atoms with Gasteiger partial charge in [0.1, 0.15) is 0 Å². The fraction of sp³-hybridized carbons (Fsp3) is 0.213. The van der Waals surface area contributed by atoms with Gasteiger partial charge in [-0.05, 0) is 172 Å². The van der Waals surface area contributed by atoms with E-state index in [1.807, 2.05) is 0 Å². The third-order valence-electron chi connectivity index (χ3n) is 16.8. The molecule has 15 rings (SSSR count). The normalized spacial score (nSPS) is 23.0. The van der Waals surface area contributed by atoms with Crippen molar-refractivity contribution in [1.82, 2.24) is 4.57 Å². The second-order valence-electron chi connectivity index (χ2n) is 20.1. The Hall–Kier alpha value is -6.64. The zero-order valence-corrected chi connectivity index (χ0v) is 36.1. The summed E-state index contributed by atoms with van der Waals surface area (Å²) in [6, 6.07) is 69.3. The molecule has 4 saturated carbocycles. The zero-order valence-electron chi connectivity index (χ0n) is 36.1. The van der Waals surface area contributed by atoms with Gasteiger partial charge >= 0.3 is 0 Å². The van der Waals surface area contributed by atoms with Crippen LogP contribution in [-0.2, 0) is 10.8 Å². The largest absolute Gasteiger partial charge is 0.310 e. The smallest absolute Gasteiger partial charge is 0.0541 e. The van der Waals surface area contributed by atoms with Gasteiger partial charge in [-0.3, -0.25) is 0 Å². The fourth-order valence-electron chi connectivity index (χ4n) is 14.4. The van der Waals surface area contributed by atoms with E-state index in [1.54, 1.807) is 11.1 Å². The zero-order chi connectivity index (χ0) is 41.6. The summed E-state index contributed by atoms with van der Waals surface area (Å²) in [5.41, 5.74) is 21.4. The third kappa shape index (κ3) is 4.90. The van der Waals surface area contributed by atoms with E-state index in [0.29, 0.717) is 0 Å². The van der Waals surface area contributed by atoms with Gasteiger partial charge in [0, 0.05) is 44.4 Å². The molecular weight excluding hydrogens is 761 g/mol. The Balaban J connectivity index is 0.893. The molecule has 9 aromatic rings. The van der Waals surface area contributed by atoms with Gasteiger partial charge in [0.2, 0.25) is 0 Å². The lowest BCUT2D eigenvalue weighted by atomic mass is 9.43. The minimum Gasteiger partial charge on any atom is -0.310 e. The van der Waals surface area contributed by atoms with E-state index in [2.05, 4.69) is 205 Å². The quantitative estimate of drug-likeness (QED) is 0.168. The molecule has 0 radical (unpaired) electrons. The Bertz CT molecular complexity index is 3240. The van der Waals surface area contributed by atoms with Gasteiger partial charge < -0.3 is 9.47 Å². The highest BCUT2D eigenvalue weighted by Gasteiger charge is 2.61. The maximum absolute atomic E-state index is 2.64. The molecule has 0 amide bonds. The summed E-state index contributed by atoms with van der Waals surface area (Å²) >= 11 is 0. The first-order valence-electron chi connectivity index (χ1n) is 23.4. The van der Waals surface area contributed by atoms with Crippen LogP contribution < -0.4 is 4.90 Å². The second kappa shape index (κ2) is 13.0. The molecule has 304 valence electrons. The van der Waals surface area contributed by atoms with E-state index in [-0.39, 0.29) is 10.8 Å². The molecule has 2 heteroatoms. The van der Waals surface area contributed by atoms with Crippen molar-refractivity contribution in [3.05, 3.63) is 204 Å². The minimum absolute atomic E-state index is 0.0904. The highest BCUT2D eigenvalue weighted by atomic mass is 15.1. The van der Waals surface area contributed by atoms with E-state index >= 15 is 0 Å². The molecule has 0 N–H and O–H groups in total. The number of fused-ring (bicyclic) bond motifs is 9. The van der Waals surface area contributed by atoms with Crippen molar-refractivity contribution in [1.29, 1.82) is 0 Å². The summed E-state index contributed by atoms with van der Waals surface area (Å²) in [5, 5.41) is 2.57. The van der Waals surface area contributed by atoms with Gasteiger partial charge in [0.25, 0.3) is 0 Å². The lowest BCUT2D eigenvalue weighted by Crippen LogP contribution is -2.55. The van der Waals surface area contributed by atoms with E-state index in [0.717, 1.165) is 23.7 Å². The van der Waals surface area contributed by atoms with Crippen molar-refractivity contribution in [3.8, 4) is 39.1 Å². The molecule has 63 heavy (non-hydrogen) atoms. The van der Waals surface area contributed by atoms with Gasteiger partial charge in [0.15, 0.2) is 0 Å². The predicted octanol–water partition coefficient (Wildman–Crippen LogP) is 15.9. The van der Waals surface area contributed by atoms with Gasteiger partial charge in [-0.1, -0.05) is 135 Å². The number of anilines is 3. The molecule has 4 bridgehead atoms. The van der Waals surface area contributed by atoms with Crippen LogP contribution in [-0.4, -0.2) is 4.57 Å². The number of hydrogen-bond acceptors (Lipinski definition) is 1. The summed E-state index contributed by atoms with van der Waals surface area (Å²) in [7, 11) is 0. The first-order chi connectivity index (χ1) is 30.9. The van der Waals surface area contributed by atoms with Gasteiger partial charge in [-0.25, -0.2) is 0 Å². The van der Waals surface area contributed by atoms with Crippen LogP contribution in [0.4, 0.5) is 17.1 Å². The predicted molar refractivity (Wildman–Crippen MR) is 262 cm³/mol. The van der Waals surface area contributed by atoms with E-state index < -0.39 is 0 Å². The summed E-state index contributed by atoms with van der Waals surface area (Å²) in [6.45, 7) is 4.80. The minimum atomic E-state index is -0.0904. The average Bonchev–Trinajstić information content (AvgIpc) is 3.89. The fourth-order valence-corrected chi connectivity index (χ4v) is 14.4. The van der Waals surface area contributed by atoms with Crippen molar-refractivity contribution in [2.24, 2.45) is 23.7 Å².